The highest BCUT2D eigenvalue weighted by Crippen LogP contribution is 2.13. The van der Waals surface area contributed by atoms with E-state index < -0.39 is 0 Å². The smallest absolute Gasteiger partial charge is 0.147 e. The Bertz CT molecular complexity index is 271. The number of nitrogens with zero attached hydrogens (tertiary/aromatic N) is 2. The largest absolute Gasteiger partial charge is 0.366 e. The first-order valence-electron chi connectivity index (χ1n) is 4.87. The van der Waals surface area contributed by atoms with Crippen molar-refractivity contribution in [3.05, 3.63) is 17.5 Å². The Morgan fingerprint density at radius 2 is 2.07 bits per heavy atom. The van der Waals surface area contributed by atoms with Gasteiger partial charge in [-0.1, -0.05) is 32.4 Å². The van der Waals surface area contributed by atoms with Crippen molar-refractivity contribution in [2.24, 2.45) is 5.92 Å². The molecule has 0 aliphatic heterocycles. The molecule has 0 radical (unpaired) electrons. The van der Waals surface area contributed by atoms with Crippen LogP contribution in [-0.4, -0.2) is 16.0 Å². The van der Waals surface area contributed by atoms with Crippen molar-refractivity contribution in [1.82, 2.24) is 9.97 Å². The van der Waals surface area contributed by atoms with E-state index in [0.29, 0.717) is 17.1 Å². The number of hydrogen-bond acceptors (Lipinski definition) is 3. The van der Waals surface area contributed by atoms with Gasteiger partial charge in [0.15, 0.2) is 0 Å². The first-order valence-corrected chi connectivity index (χ1v) is 5.25. The van der Waals surface area contributed by atoms with Gasteiger partial charge in [-0.2, -0.15) is 0 Å². The van der Waals surface area contributed by atoms with Crippen LogP contribution < -0.4 is 5.32 Å². The van der Waals surface area contributed by atoms with Gasteiger partial charge in [0.2, 0.25) is 0 Å². The minimum atomic E-state index is 0.424. The van der Waals surface area contributed by atoms with Crippen molar-refractivity contribution in [2.45, 2.75) is 33.2 Å². The van der Waals surface area contributed by atoms with Gasteiger partial charge < -0.3 is 5.32 Å². The lowest BCUT2D eigenvalue weighted by atomic mass is 10.0. The maximum Gasteiger partial charge on any atom is 0.147 e. The molecule has 1 aromatic heterocycles. The standard InChI is InChI=1S/C10H16ClN3/c1-4-8(7(2)3)14-10-6-12-9(11)5-13-10/h5-8H,4H2,1-3H3,(H,13,14). The van der Waals surface area contributed by atoms with Crippen molar-refractivity contribution in [3.63, 3.8) is 0 Å². The van der Waals surface area contributed by atoms with Gasteiger partial charge in [-0.15, -0.1) is 0 Å². The van der Waals surface area contributed by atoms with Gasteiger partial charge in [0.25, 0.3) is 0 Å². The molecule has 0 aromatic carbocycles. The first kappa shape index (κ1) is 11.2. The van der Waals surface area contributed by atoms with E-state index in [1.807, 2.05) is 0 Å². The van der Waals surface area contributed by atoms with Crippen molar-refractivity contribution in [3.8, 4) is 0 Å². The zero-order valence-corrected chi connectivity index (χ0v) is 9.54. The number of anilines is 1. The molecule has 0 fully saturated rings. The van der Waals surface area contributed by atoms with Gasteiger partial charge in [0, 0.05) is 6.04 Å². The second-order valence-corrected chi connectivity index (χ2v) is 4.01. The maximum absolute atomic E-state index is 5.64. The third-order valence-electron chi connectivity index (χ3n) is 2.20. The number of halogens is 1. The molecule has 1 aromatic rings. The Hall–Kier alpha value is -0.830. The first-order chi connectivity index (χ1) is 6.63. The Kier molecular flexibility index (Phi) is 4.14. The topological polar surface area (TPSA) is 37.8 Å². The monoisotopic (exact) mass is 213 g/mol. The van der Waals surface area contributed by atoms with Crippen molar-refractivity contribution < 1.29 is 0 Å². The van der Waals surface area contributed by atoms with E-state index in [0.717, 1.165) is 12.2 Å². The number of nitrogens with one attached hydrogen (secondary N) is 1. The van der Waals surface area contributed by atoms with E-state index in [1.54, 1.807) is 12.4 Å². The molecule has 1 heterocycles. The van der Waals surface area contributed by atoms with Gasteiger partial charge in [-0.3, -0.25) is 0 Å². The molecule has 1 unspecified atom stereocenters. The van der Waals surface area contributed by atoms with Crippen LogP contribution in [0.2, 0.25) is 5.15 Å². The van der Waals surface area contributed by atoms with E-state index in [1.165, 1.54) is 0 Å². The molecule has 14 heavy (non-hydrogen) atoms. The third kappa shape index (κ3) is 3.14. The van der Waals surface area contributed by atoms with Gasteiger partial charge in [-0.05, 0) is 12.3 Å². The second-order valence-electron chi connectivity index (χ2n) is 3.63. The molecule has 3 nitrogen and oxygen atoms in total. The normalized spacial score (nSPS) is 12.9. The zero-order valence-electron chi connectivity index (χ0n) is 8.79. The molecule has 0 spiro atoms. The Labute approximate surface area is 89.9 Å². The van der Waals surface area contributed by atoms with Crippen molar-refractivity contribution in [1.29, 1.82) is 0 Å². The summed E-state index contributed by atoms with van der Waals surface area (Å²) in [5.41, 5.74) is 0. The average Bonchev–Trinajstić information content (AvgIpc) is 2.16. The van der Waals surface area contributed by atoms with Crippen LogP contribution in [-0.2, 0) is 0 Å². The summed E-state index contributed by atoms with van der Waals surface area (Å²) in [7, 11) is 0. The maximum atomic E-state index is 5.64. The summed E-state index contributed by atoms with van der Waals surface area (Å²) < 4.78 is 0. The lowest BCUT2D eigenvalue weighted by molar-refractivity contribution is 0.509. The fourth-order valence-corrected chi connectivity index (χ4v) is 1.41. The summed E-state index contributed by atoms with van der Waals surface area (Å²) in [5.74, 6) is 1.37. The van der Waals surface area contributed by atoms with Gasteiger partial charge >= 0.3 is 0 Å². The average molecular weight is 214 g/mol. The predicted octanol–water partition coefficient (Wildman–Crippen LogP) is 2.98. The SMILES string of the molecule is CCC(Nc1cnc(Cl)cn1)C(C)C. The molecule has 1 rings (SSSR count). The molecule has 1 N–H and O–H groups in total. The van der Waals surface area contributed by atoms with Crippen LogP contribution in [0.1, 0.15) is 27.2 Å². The highest BCUT2D eigenvalue weighted by Gasteiger charge is 2.10. The lowest BCUT2D eigenvalue weighted by Gasteiger charge is -2.20. The fourth-order valence-electron chi connectivity index (χ4n) is 1.32. The van der Waals surface area contributed by atoms with Crippen LogP contribution in [0.4, 0.5) is 5.82 Å². The van der Waals surface area contributed by atoms with E-state index in [4.69, 9.17) is 11.6 Å². The van der Waals surface area contributed by atoms with Crippen molar-refractivity contribution >= 4 is 17.4 Å². The highest BCUT2D eigenvalue weighted by atomic mass is 35.5. The fraction of sp³-hybridized carbons (Fsp3) is 0.600. The molecule has 0 aliphatic rings. The summed E-state index contributed by atoms with van der Waals surface area (Å²) in [6.07, 6.45) is 4.28. The molecule has 0 saturated heterocycles. The van der Waals surface area contributed by atoms with Crippen LogP contribution in [0, 0.1) is 5.92 Å². The van der Waals surface area contributed by atoms with Crippen LogP contribution in [0.3, 0.4) is 0 Å². The summed E-state index contributed by atoms with van der Waals surface area (Å²) in [6.45, 7) is 6.52. The van der Waals surface area contributed by atoms with Gasteiger partial charge in [0.05, 0.1) is 12.4 Å². The Morgan fingerprint density at radius 3 is 2.50 bits per heavy atom. The van der Waals surface area contributed by atoms with Crippen molar-refractivity contribution in [2.75, 3.05) is 5.32 Å². The Morgan fingerprint density at radius 1 is 1.36 bits per heavy atom. The quantitative estimate of drug-likeness (QED) is 0.836. The number of aromatic nitrogens is 2. The molecular weight excluding hydrogens is 198 g/mol. The number of rotatable bonds is 4. The second kappa shape index (κ2) is 5.15. The summed E-state index contributed by atoms with van der Waals surface area (Å²) >= 11 is 5.64. The molecule has 1 atom stereocenters. The molecule has 0 bridgehead atoms. The predicted molar refractivity (Wildman–Crippen MR) is 59.6 cm³/mol. The minimum absolute atomic E-state index is 0.424. The molecule has 4 heteroatoms. The molecule has 0 amide bonds. The third-order valence-corrected chi connectivity index (χ3v) is 2.39. The number of hydrogen-bond donors (Lipinski definition) is 1. The van der Waals surface area contributed by atoms with Crippen LogP contribution >= 0.6 is 11.6 Å². The summed E-state index contributed by atoms with van der Waals surface area (Å²) in [5, 5.41) is 3.75. The molecule has 0 saturated carbocycles. The highest BCUT2D eigenvalue weighted by molar-refractivity contribution is 6.29. The lowest BCUT2D eigenvalue weighted by Crippen LogP contribution is -2.25. The van der Waals surface area contributed by atoms with Crippen LogP contribution in [0.25, 0.3) is 0 Å². The van der Waals surface area contributed by atoms with Gasteiger partial charge in [-0.25, -0.2) is 9.97 Å². The molecule has 0 aliphatic carbocycles. The Balaban J connectivity index is 2.63. The van der Waals surface area contributed by atoms with Gasteiger partial charge in [0.1, 0.15) is 11.0 Å². The summed E-state index contributed by atoms with van der Waals surface area (Å²) in [6, 6.07) is 0.436. The van der Waals surface area contributed by atoms with E-state index in [-0.39, 0.29) is 0 Å². The van der Waals surface area contributed by atoms with Crippen LogP contribution in [0.5, 0.6) is 0 Å². The van der Waals surface area contributed by atoms with E-state index in [9.17, 15) is 0 Å². The van der Waals surface area contributed by atoms with E-state index >= 15 is 0 Å². The van der Waals surface area contributed by atoms with Crippen LogP contribution in [0.15, 0.2) is 12.4 Å². The zero-order chi connectivity index (χ0) is 10.6. The molecular formula is C10H16ClN3. The van der Waals surface area contributed by atoms with E-state index in [2.05, 4.69) is 36.1 Å². The molecule has 78 valence electrons. The minimum Gasteiger partial charge on any atom is -0.366 e. The summed E-state index contributed by atoms with van der Waals surface area (Å²) in [4.78, 5) is 8.11.